The molecule has 1 unspecified atom stereocenters. The average Bonchev–Trinajstić information content (AvgIpc) is 3.01. The lowest BCUT2D eigenvalue weighted by Crippen LogP contribution is -2.31. The molecular formula is C16H19BrFN3S. The van der Waals surface area contributed by atoms with E-state index in [1.807, 2.05) is 12.3 Å². The molecule has 0 aliphatic rings. The van der Waals surface area contributed by atoms with E-state index in [1.54, 1.807) is 23.6 Å². The maximum atomic E-state index is 13.3. The zero-order chi connectivity index (χ0) is 16.1. The fraction of sp³-hybridized carbons (Fsp3) is 0.375. The lowest BCUT2D eigenvalue weighted by atomic mass is 10.1. The second kappa shape index (κ2) is 7.83. The molecule has 2 rings (SSSR count). The smallest absolute Gasteiger partial charge is 0.161 e. The molecule has 0 saturated heterocycles. The molecule has 6 heteroatoms. The molecule has 1 aromatic carbocycles. The van der Waals surface area contributed by atoms with E-state index in [0.29, 0.717) is 0 Å². The molecule has 0 radical (unpaired) electrons. The Balaban J connectivity index is 2.39. The summed E-state index contributed by atoms with van der Waals surface area (Å²) in [5, 5.41) is 2.86. The minimum Gasteiger partial charge on any atom is -0.355 e. The largest absolute Gasteiger partial charge is 0.355 e. The zero-order valence-corrected chi connectivity index (χ0v) is 15.3. The van der Waals surface area contributed by atoms with Crippen LogP contribution in [0.3, 0.4) is 0 Å². The first-order valence-corrected chi connectivity index (χ1v) is 8.91. The molecule has 0 fully saturated rings. The van der Waals surface area contributed by atoms with Crippen LogP contribution < -0.4 is 0 Å². The molecule has 0 N–H and O–H groups in total. The van der Waals surface area contributed by atoms with Gasteiger partial charge in [0.15, 0.2) is 10.8 Å². The first kappa shape index (κ1) is 17.1. The Kier molecular flexibility index (Phi) is 6.08. The first-order chi connectivity index (χ1) is 10.6. The van der Waals surface area contributed by atoms with E-state index < -0.39 is 0 Å². The standard InChI is InChI=1S/C16H19BrFN3S/c1-4-21(5-2)15(16-19-8-9-22-16)20-11(3)13-7-6-12(18)10-14(13)17/h6-11H,4-5H2,1-3H3. The molecule has 3 nitrogen and oxygen atoms in total. The van der Waals surface area contributed by atoms with Gasteiger partial charge >= 0.3 is 0 Å². The number of aromatic nitrogens is 1. The van der Waals surface area contributed by atoms with E-state index in [-0.39, 0.29) is 11.9 Å². The predicted molar refractivity (Wildman–Crippen MR) is 94.1 cm³/mol. The molecule has 0 saturated carbocycles. The van der Waals surface area contributed by atoms with E-state index in [9.17, 15) is 4.39 Å². The fourth-order valence-electron chi connectivity index (χ4n) is 2.22. The Morgan fingerprint density at radius 3 is 2.68 bits per heavy atom. The summed E-state index contributed by atoms with van der Waals surface area (Å²) in [5.74, 6) is 0.638. The third kappa shape index (κ3) is 3.93. The van der Waals surface area contributed by atoms with Crippen LogP contribution in [-0.4, -0.2) is 28.8 Å². The van der Waals surface area contributed by atoms with Gasteiger partial charge in [0.25, 0.3) is 0 Å². The summed E-state index contributed by atoms with van der Waals surface area (Å²) in [6.07, 6.45) is 1.79. The van der Waals surface area contributed by atoms with Crippen molar-refractivity contribution in [1.29, 1.82) is 0 Å². The monoisotopic (exact) mass is 383 g/mol. The van der Waals surface area contributed by atoms with Crippen LogP contribution in [0.5, 0.6) is 0 Å². The van der Waals surface area contributed by atoms with Gasteiger partial charge < -0.3 is 4.90 Å². The van der Waals surface area contributed by atoms with Crippen molar-refractivity contribution >= 4 is 33.1 Å². The van der Waals surface area contributed by atoms with Crippen LogP contribution >= 0.6 is 27.3 Å². The summed E-state index contributed by atoms with van der Waals surface area (Å²) < 4.78 is 14.0. The molecule has 2 aromatic rings. The maximum absolute atomic E-state index is 13.3. The summed E-state index contributed by atoms with van der Waals surface area (Å²) in [6.45, 7) is 7.95. The third-order valence-electron chi connectivity index (χ3n) is 3.42. The van der Waals surface area contributed by atoms with Gasteiger partial charge in [-0.15, -0.1) is 11.3 Å². The maximum Gasteiger partial charge on any atom is 0.161 e. The van der Waals surface area contributed by atoms with Crippen molar-refractivity contribution in [3.63, 3.8) is 0 Å². The highest BCUT2D eigenvalue weighted by molar-refractivity contribution is 9.10. The van der Waals surface area contributed by atoms with Crippen molar-refractivity contribution in [2.75, 3.05) is 13.1 Å². The van der Waals surface area contributed by atoms with Crippen LogP contribution in [0, 0.1) is 5.82 Å². The molecular weight excluding hydrogens is 365 g/mol. The molecule has 22 heavy (non-hydrogen) atoms. The quantitative estimate of drug-likeness (QED) is 0.542. The van der Waals surface area contributed by atoms with Crippen LogP contribution in [0.15, 0.2) is 39.2 Å². The lowest BCUT2D eigenvalue weighted by molar-refractivity contribution is 0.461. The molecule has 118 valence electrons. The van der Waals surface area contributed by atoms with Gasteiger partial charge in [0.05, 0.1) is 6.04 Å². The Morgan fingerprint density at radius 1 is 1.41 bits per heavy atom. The van der Waals surface area contributed by atoms with Crippen molar-refractivity contribution in [2.24, 2.45) is 4.99 Å². The molecule has 0 bridgehead atoms. The minimum atomic E-state index is -0.254. The highest BCUT2D eigenvalue weighted by atomic mass is 79.9. The summed E-state index contributed by atoms with van der Waals surface area (Å²) in [5.41, 5.74) is 0.961. The topological polar surface area (TPSA) is 28.5 Å². The average molecular weight is 384 g/mol. The third-order valence-corrected chi connectivity index (χ3v) is 4.87. The Morgan fingerprint density at radius 2 is 2.14 bits per heavy atom. The van der Waals surface area contributed by atoms with Gasteiger partial charge in [-0.05, 0) is 38.5 Å². The Bertz CT molecular complexity index is 639. The predicted octanol–water partition coefficient (Wildman–Crippen LogP) is 4.89. The van der Waals surface area contributed by atoms with Gasteiger partial charge in [0.1, 0.15) is 5.82 Å². The number of nitrogens with zero attached hydrogens (tertiary/aromatic N) is 3. The van der Waals surface area contributed by atoms with Crippen molar-refractivity contribution in [3.05, 3.63) is 50.6 Å². The normalized spacial score (nSPS) is 13.2. The first-order valence-electron chi connectivity index (χ1n) is 7.24. The minimum absolute atomic E-state index is 0.0884. The fourth-order valence-corrected chi connectivity index (χ4v) is 3.56. The number of amidine groups is 1. The van der Waals surface area contributed by atoms with Crippen LogP contribution in [0.25, 0.3) is 0 Å². The van der Waals surface area contributed by atoms with Crippen molar-refractivity contribution in [3.8, 4) is 0 Å². The lowest BCUT2D eigenvalue weighted by Gasteiger charge is -2.23. The van der Waals surface area contributed by atoms with Gasteiger partial charge in [-0.25, -0.2) is 9.37 Å². The molecule has 0 aliphatic carbocycles. The van der Waals surface area contributed by atoms with Crippen LogP contribution in [-0.2, 0) is 0 Å². The number of benzene rings is 1. The number of halogens is 2. The summed E-state index contributed by atoms with van der Waals surface area (Å²) in [6, 6.07) is 4.62. The van der Waals surface area contributed by atoms with Gasteiger partial charge in [0, 0.05) is 29.1 Å². The van der Waals surface area contributed by atoms with Crippen molar-refractivity contribution < 1.29 is 4.39 Å². The SMILES string of the molecule is CCN(CC)C(=NC(C)c1ccc(F)cc1Br)c1nccs1. The van der Waals surface area contributed by atoms with Crippen molar-refractivity contribution in [1.82, 2.24) is 9.88 Å². The molecule has 0 aliphatic heterocycles. The van der Waals surface area contributed by atoms with Crippen molar-refractivity contribution in [2.45, 2.75) is 26.8 Å². The van der Waals surface area contributed by atoms with Gasteiger partial charge in [-0.2, -0.15) is 0 Å². The van der Waals surface area contributed by atoms with Crippen LogP contribution in [0.4, 0.5) is 4.39 Å². The second-order valence-corrected chi connectivity index (χ2v) is 6.55. The molecule has 0 spiro atoms. The highest BCUT2D eigenvalue weighted by Crippen LogP contribution is 2.27. The van der Waals surface area contributed by atoms with E-state index >= 15 is 0 Å². The Hall–Kier alpha value is -1.27. The van der Waals surface area contributed by atoms with E-state index in [0.717, 1.165) is 34.0 Å². The molecule has 1 aromatic heterocycles. The number of hydrogen-bond acceptors (Lipinski definition) is 3. The molecule has 0 amide bonds. The number of thiazole rings is 1. The van der Waals surface area contributed by atoms with Gasteiger partial charge in [-0.3, -0.25) is 4.99 Å². The van der Waals surface area contributed by atoms with E-state index in [2.05, 4.69) is 39.7 Å². The van der Waals surface area contributed by atoms with Gasteiger partial charge in [-0.1, -0.05) is 22.0 Å². The summed E-state index contributed by atoms with van der Waals surface area (Å²) in [4.78, 5) is 11.4. The Labute approximate surface area is 143 Å². The van der Waals surface area contributed by atoms with E-state index in [4.69, 9.17) is 4.99 Å². The highest BCUT2D eigenvalue weighted by Gasteiger charge is 2.16. The number of aliphatic imine (C=N–C) groups is 1. The summed E-state index contributed by atoms with van der Waals surface area (Å²) >= 11 is 5.00. The number of hydrogen-bond donors (Lipinski definition) is 0. The molecule has 1 heterocycles. The summed E-state index contributed by atoms with van der Waals surface area (Å²) in [7, 11) is 0. The van der Waals surface area contributed by atoms with Crippen LogP contribution in [0.1, 0.15) is 37.4 Å². The second-order valence-electron chi connectivity index (χ2n) is 4.80. The zero-order valence-electron chi connectivity index (χ0n) is 12.9. The van der Waals surface area contributed by atoms with Gasteiger partial charge in [0.2, 0.25) is 0 Å². The number of rotatable bonds is 5. The molecule has 1 atom stereocenters. The van der Waals surface area contributed by atoms with E-state index in [1.165, 1.54) is 12.1 Å². The van der Waals surface area contributed by atoms with Crippen LogP contribution in [0.2, 0.25) is 0 Å².